The molecule has 0 atom stereocenters. The first-order chi connectivity index (χ1) is 12.4. The summed E-state index contributed by atoms with van der Waals surface area (Å²) in [6.45, 7) is 2.47. The van der Waals surface area contributed by atoms with Gasteiger partial charge in [-0.05, 0) is 18.6 Å². The summed E-state index contributed by atoms with van der Waals surface area (Å²) in [6.07, 6.45) is 0.588. The number of nitrogens with zero attached hydrogens (tertiary/aromatic N) is 4. The van der Waals surface area contributed by atoms with Gasteiger partial charge in [0.1, 0.15) is 17.5 Å². The van der Waals surface area contributed by atoms with E-state index in [1.165, 1.54) is 25.1 Å². The van der Waals surface area contributed by atoms with Crippen molar-refractivity contribution >= 4 is 17.7 Å². The van der Waals surface area contributed by atoms with Gasteiger partial charge in [-0.2, -0.15) is 4.98 Å². The van der Waals surface area contributed by atoms with Crippen LogP contribution in [0.4, 0.5) is 20.5 Å². The second-order valence-corrected chi connectivity index (χ2v) is 6.44. The van der Waals surface area contributed by atoms with Gasteiger partial charge in [0.25, 0.3) is 0 Å². The van der Waals surface area contributed by atoms with Gasteiger partial charge < -0.3 is 15.1 Å². The van der Waals surface area contributed by atoms with Gasteiger partial charge in [-0.15, -0.1) is 0 Å². The molecular formula is C18H21F2N5O. The molecule has 1 amide bonds. The third kappa shape index (κ3) is 3.58. The lowest BCUT2D eigenvalue weighted by Crippen LogP contribution is -2.35. The van der Waals surface area contributed by atoms with Crippen LogP contribution in [0, 0.1) is 11.6 Å². The van der Waals surface area contributed by atoms with Gasteiger partial charge >= 0.3 is 0 Å². The highest BCUT2D eigenvalue weighted by atomic mass is 19.1. The van der Waals surface area contributed by atoms with Crippen LogP contribution in [0.1, 0.15) is 23.7 Å². The highest BCUT2D eigenvalue weighted by Gasteiger charge is 2.24. The van der Waals surface area contributed by atoms with Crippen LogP contribution in [-0.4, -0.2) is 41.4 Å². The average molecular weight is 361 g/mol. The Labute approximate surface area is 150 Å². The molecule has 8 heteroatoms. The fraction of sp³-hybridized carbons (Fsp3) is 0.389. The van der Waals surface area contributed by atoms with Crippen LogP contribution >= 0.6 is 0 Å². The molecule has 0 saturated heterocycles. The molecule has 1 aromatic heterocycles. The Kier molecular flexibility index (Phi) is 5.01. The third-order valence-corrected chi connectivity index (χ3v) is 4.39. The zero-order chi connectivity index (χ0) is 18.8. The van der Waals surface area contributed by atoms with E-state index in [1.54, 1.807) is 9.80 Å². The van der Waals surface area contributed by atoms with Gasteiger partial charge in [0.15, 0.2) is 0 Å². The summed E-state index contributed by atoms with van der Waals surface area (Å²) in [5, 5.41) is 3.05. The van der Waals surface area contributed by atoms with Crippen LogP contribution in [0.5, 0.6) is 0 Å². The van der Waals surface area contributed by atoms with Gasteiger partial charge in [0.2, 0.25) is 11.9 Å². The highest BCUT2D eigenvalue weighted by molar-refractivity contribution is 5.73. The van der Waals surface area contributed by atoms with Gasteiger partial charge in [-0.1, -0.05) is 6.07 Å². The number of anilines is 2. The number of halogens is 2. The van der Waals surface area contributed by atoms with Crippen LogP contribution in [0.25, 0.3) is 0 Å². The van der Waals surface area contributed by atoms with Crippen molar-refractivity contribution in [2.45, 2.75) is 26.4 Å². The predicted octanol–water partition coefficient (Wildman–Crippen LogP) is 2.34. The maximum absolute atomic E-state index is 13.9. The molecular weight excluding hydrogens is 340 g/mol. The van der Waals surface area contributed by atoms with Crippen molar-refractivity contribution in [2.24, 2.45) is 0 Å². The number of amides is 1. The highest BCUT2D eigenvalue weighted by Crippen LogP contribution is 2.26. The Balaban J connectivity index is 1.92. The van der Waals surface area contributed by atoms with Crippen LogP contribution in [-0.2, 0) is 24.3 Å². The first kappa shape index (κ1) is 18.0. The van der Waals surface area contributed by atoms with E-state index >= 15 is 0 Å². The van der Waals surface area contributed by atoms with Crippen LogP contribution in [0.15, 0.2) is 18.2 Å². The van der Waals surface area contributed by atoms with Gasteiger partial charge in [-0.25, -0.2) is 13.8 Å². The SMILES string of the molecule is CC(=O)N1CCc2c(nc(N(C)C)nc2NCc2c(F)cccc2F)C1. The molecule has 0 aliphatic carbocycles. The number of nitrogens with one attached hydrogen (secondary N) is 1. The van der Waals surface area contributed by atoms with Gasteiger partial charge in [0, 0.05) is 45.2 Å². The van der Waals surface area contributed by atoms with E-state index in [2.05, 4.69) is 15.3 Å². The molecule has 3 rings (SSSR count). The van der Waals surface area contributed by atoms with Crippen molar-refractivity contribution < 1.29 is 13.6 Å². The van der Waals surface area contributed by atoms with E-state index in [4.69, 9.17) is 0 Å². The molecule has 0 unspecified atom stereocenters. The molecule has 2 heterocycles. The molecule has 2 aromatic rings. The average Bonchev–Trinajstić information content (AvgIpc) is 2.60. The Bertz CT molecular complexity index is 820. The van der Waals surface area contributed by atoms with Crippen molar-refractivity contribution in [3.63, 3.8) is 0 Å². The van der Waals surface area contributed by atoms with Gasteiger partial charge in [-0.3, -0.25) is 4.79 Å². The molecule has 0 radical (unpaired) electrons. The molecule has 1 aromatic carbocycles. The Morgan fingerprint density at radius 2 is 1.96 bits per heavy atom. The number of benzene rings is 1. The summed E-state index contributed by atoms with van der Waals surface area (Å²) in [7, 11) is 3.63. The van der Waals surface area contributed by atoms with Gasteiger partial charge in [0.05, 0.1) is 12.2 Å². The lowest BCUT2D eigenvalue weighted by molar-refractivity contribution is -0.129. The number of carbonyl (C=O) groups excluding carboxylic acids is 1. The summed E-state index contributed by atoms with van der Waals surface area (Å²) in [5.41, 5.74) is 1.60. The smallest absolute Gasteiger partial charge is 0.227 e. The maximum atomic E-state index is 13.9. The number of hydrogen-bond acceptors (Lipinski definition) is 5. The molecule has 0 saturated carbocycles. The molecule has 26 heavy (non-hydrogen) atoms. The standard InChI is InChI=1S/C18H21F2N5O/c1-11(26)25-8-7-12-16(10-25)22-18(24(2)3)23-17(12)21-9-13-14(19)5-4-6-15(13)20/h4-6H,7-10H2,1-3H3,(H,21,22,23). The van der Waals surface area contributed by atoms with Crippen LogP contribution in [0.3, 0.4) is 0 Å². The fourth-order valence-electron chi connectivity index (χ4n) is 2.91. The molecule has 138 valence electrons. The summed E-state index contributed by atoms with van der Waals surface area (Å²) < 4.78 is 27.7. The van der Waals surface area contributed by atoms with Crippen molar-refractivity contribution in [1.29, 1.82) is 0 Å². The minimum Gasteiger partial charge on any atom is -0.365 e. The topological polar surface area (TPSA) is 61.4 Å². The fourth-order valence-corrected chi connectivity index (χ4v) is 2.91. The molecule has 1 aliphatic rings. The molecule has 0 fully saturated rings. The maximum Gasteiger partial charge on any atom is 0.227 e. The quantitative estimate of drug-likeness (QED) is 0.906. The summed E-state index contributed by atoms with van der Waals surface area (Å²) in [4.78, 5) is 24.2. The van der Waals surface area contributed by atoms with E-state index in [0.29, 0.717) is 31.3 Å². The minimum atomic E-state index is -0.601. The van der Waals surface area contributed by atoms with Crippen LogP contribution < -0.4 is 10.2 Å². The largest absolute Gasteiger partial charge is 0.365 e. The van der Waals surface area contributed by atoms with Crippen molar-refractivity contribution in [1.82, 2.24) is 14.9 Å². The summed E-state index contributed by atoms with van der Waals surface area (Å²) >= 11 is 0. The predicted molar refractivity (Wildman–Crippen MR) is 94.8 cm³/mol. The first-order valence-electron chi connectivity index (χ1n) is 8.36. The van der Waals surface area contributed by atoms with Crippen molar-refractivity contribution in [3.05, 3.63) is 46.7 Å². The zero-order valence-electron chi connectivity index (χ0n) is 15.0. The first-order valence-corrected chi connectivity index (χ1v) is 8.36. The Morgan fingerprint density at radius 3 is 2.58 bits per heavy atom. The number of hydrogen-bond donors (Lipinski definition) is 1. The molecule has 0 bridgehead atoms. The van der Waals surface area contributed by atoms with Crippen molar-refractivity contribution in [2.75, 3.05) is 30.9 Å². The van der Waals surface area contributed by atoms with E-state index in [0.717, 1.165) is 11.3 Å². The number of aromatic nitrogens is 2. The lowest BCUT2D eigenvalue weighted by atomic mass is 10.1. The van der Waals surface area contributed by atoms with Crippen LogP contribution in [0.2, 0.25) is 0 Å². The third-order valence-electron chi connectivity index (χ3n) is 4.39. The normalized spacial score (nSPS) is 13.3. The Hall–Kier alpha value is -2.77. The molecule has 1 N–H and O–H groups in total. The minimum absolute atomic E-state index is 0.0106. The number of carbonyl (C=O) groups is 1. The summed E-state index contributed by atoms with van der Waals surface area (Å²) in [5.74, 6) is -0.189. The van der Waals surface area contributed by atoms with E-state index in [1.807, 2.05) is 14.1 Å². The van der Waals surface area contributed by atoms with E-state index in [-0.39, 0.29) is 18.0 Å². The van der Waals surface area contributed by atoms with E-state index in [9.17, 15) is 13.6 Å². The second-order valence-electron chi connectivity index (χ2n) is 6.44. The van der Waals surface area contributed by atoms with E-state index < -0.39 is 11.6 Å². The number of rotatable bonds is 4. The zero-order valence-corrected chi connectivity index (χ0v) is 15.0. The second kappa shape index (κ2) is 7.23. The molecule has 0 spiro atoms. The monoisotopic (exact) mass is 361 g/mol. The lowest BCUT2D eigenvalue weighted by Gasteiger charge is -2.29. The van der Waals surface area contributed by atoms with Crippen molar-refractivity contribution in [3.8, 4) is 0 Å². The molecule has 1 aliphatic heterocycles. The summed E-state index contributed by atoms with van der Waals surface area (Å²) in [6, 6.07) is 3.79. The Morgan fingerprint density at radius 1 is 1.27 bits per heavy atom. The number of fused-ring (bicyclic) bond motifs is 1. The molecule has 6 nitrogen and oxygen atoms in total.